The second kappa shape index (κ2) is 15.8. The number of quaternary nitrogens is 1. The van der Waals surface area contributed by atoms with Gasteiger partial charge in [0.2, 0.25) is 0 Å². The summed E-state index contributed by atoms with van der Waals surface area (Å²) in [6, 6.07) is 0. The van der Waals surface area contributed by atoms with Gasteiger partial charge in [-0.2, -0.15) is 0 Å². The lowest BCUT2D eigenvalue weighted by Crippen LogP contribution is -2.58. The van der Waals surface area contributed by atoms with Crippen LogP contribution >= 0.6 is 0 Å². The van der Waals surface area contributed by atoms with Crippen molar-refractivity contribution >= 4 is 17.9 Å². The summed E-state index contributed by atoms with van der Waals surface area (Å²) in [4.78, 5) is 34.4. The van der Waals surface area contributed by atoms with Gasteiger partial charge in [0.1, 0.15) is 11.8 Å². The molecule has 0 saturated carbocycles. The molecule has 0 aliphatic heterocycles. The van der Waals surface area contributed by atoms with Crippen LogP contribution in [0.1, 0.15) is 79.1 Å². The Kier molecular flexibility index (Phi) is 14.9. The summed E-state index contributed by atoms with van der Waals surface area (Å²) in [5.74, 6) is -5.27. The third-order valence-electron chi connectivity index (χ3n) is 5.87. The highest BCUT2D eigenvalue weighted by Gasteiger charge is 2.36. The van der Waals surface area contributed by atoms with E-state index in [1.807, 2.05) is 0 Å². The zero-order valence-electron chi connectivity index (χ0n) is 19.8. The maximum absolute atomic E-state index is 11.5. The molecule has 0 aromatic heterocycles. The number of allylic oxidation sites excluding steroid dienone is 2. The highest BCUT2D eigenvalue weighted by molar-refractivity contribution is 5.70. The number of rotatable bonds is 19. The van der Waals surface area contributed by atoms with Crippen LogP contribution in [-0.4, -0.2) is 58.8 Å². The molecule has 0 amide bonds. The van der Waals surface area contributed by atoms with Crippen LogP contribution < -0.4 is 5.11 Å². The molecule has 0 saturated heterocycles. The normalized spacial score (nSPS) is 16.5. The third-order valence-corrected chi connectivity index (χ3v) is 5.87. The number of carboxylic acids is 3. The Morgan fingerprint density at radius 2 is 1.23 bits per heavy atom. The predicted molar refractivity (Wildman–Crippen MR) is 119 cm³/mol. The van der Waals surface area contributed by atoms with Crippen molar-refractivity contribution in [2.75, 3.05) is 26.2 Å². The van der Waals surface area contributed by atoms with Gasteiger partial charge in [-0.25, -0.2) is 0 Å². The molecule has 0 bridgehead atoms. The maximum atomic E-state index is 11.5. The van der Waals surface area contributed by atoms with Gasteiger partial charge in [-0.05, 0) is 46.0 Å². The fraction of sp³-hybridized carbons (Fsp3) is 0.792. The van der Waals surface area contributed by atoms with Crippen LogP contribution in [0, 0.1) is 17.8 Å². The Morgan fingerprint density at radius 3 is 1.68 bits per heavy atom. The van der Waals surface area contributed by atoms with Crippen LogP contribution in [0.4, 0.5) is 0 Å². The second-order valence-corrected chi connectivity index (χ2v) is 9.13. The Hall–Kier alpha value is -1.89. The number of carbonyl (C=O) groups excluding carboxylic acids is 1. The van der Waals surface area contributed by atoms with Crippen LogP contribution in [0.3, 0.4) is 0 Å². The average molecular weight is 442 g/mol. The van der Waals surface area contributed by atoms with Crippen molar-refractivity contribution < 1.29 is 34.2 Å². The van der Waals surface area contributed by atoms with E-state index in [0.717, 1.165) is 38.5 Å². The Labute approximate surface area is 187 Å². The molecule has 3 atom stereocenters. The van der Waals surface area contributed by atoms with Gasteiger partial charge in [-0.3, -0.25) is 9.59 Å². The van der Waals surface area contributed by atoms with Gasteiger partial charge in [-0.1, -0.05) is 45.3 Å². The minimum absolute atomic E-state index is 0.174. The highest BCUT2D eigenvalue weighted by atomic mass is 16.4. The van der Waals surface area contributed by atoms with Crippen LogP contribution in [0.25, 0.3) is 0 Å². The van der Waals surface area contributed by atoms with Crippen LogP contribution in [0.5, 0.6) is 0 Å². The number of carbonyl (C=O) groups is 3. The predicted octanol–water partition coefficient (Wildman–Crippen LogP) is 3.33. The lowest BCUT2D eigenvalue weighted by molar-refractivity contribution is -0.934. The SMILES string of the molecule is CCCC/C=C/CCCCCC[N+](CC(C)C(=O)[O-])(CC(C)C(=O)O)CC(C)C(=O)O. The molecule has 0 aliphatic carbocycles. The van der Waals surface area contributed by atoms with Crippen molar-refractivity contribution in [2.45, 2.75) is 79.1 Å². The first-order chi connectivity index (χ1) is 14.5. The lowest BCUT2D eigenvalue weighted by atomic mass is 10.0. The topological polar surface area (TPSA) is 115 Å². The van der Waals surface area contributed by atoms with Crippen LogP contribution in [0.2, 0.25) is 0 Å². The number of unbranched alkanes of at least 4 members (excludes halogenated alkanes) is 6. The molecule has 0 aromatic rings. The van der Waals surface area contributed by atoms with E-state index in [-0.39, 0.29) is 24.1 Å². The molecule has 0 rings (SSSR count). The first-order valence-corrected chi connectivity index (χ1v) is 11.7. The maximum Gasteiger partial charge on any atom is 0.311 e. The fourth-order valence-corrected chi connectivity index (χ4v) is 4.09. The molecule has 0 radical (unpaired) electrons. The van der Waals surface area contributed by atoms with Crippen LogP contribution in [0.15, 0.2) is 12.2 Å². The third kappa shape index (κ3) is 13.2. The monoisotopic (exact) mass is 441 g/mol. The summed E-state index contributed by atoms with van der Waals surface area (Å²) in [7, 11) is 0. The Bertz CT molecular complexity index is 519. The van der Waals surface area contributed by atoms with Gasteiger partial charge in [0.15, 0.2) is 0 Å². The Balaban J connectivity index is 5.07. The summed E-state index contributed by atoms with van der Waals surface area (Å²) in [5, 5.41) is 30.2. The van der Waals surface area contributed by atoms with Gasteiger partial charge in [-0.15, -0.1) is 0 Å². The van der Waals surface area contributed by atoms with Crippen LogP contribution in [-0.2, 0) is 14.4 Å². The van der Waals surface area contributed by atoms with Crippen molar-refractivity contribution in [1.82, 2.24) is 0 Å². The van der Waals surface area contributed by atoms with Crippen molar-refractivity contribution in [2.24, 2.45) is 17.8 Å². The van der Waals surface area contributed by atoms with Gasteiger partial charge in [0.05, 0.1) is 26.2 Å². The molecule has 0 heterocycles. The first-order valence-electron chi connectivity index (χ1n) is 11.7. The molecule has 180 valence electrons. The molecule has 0 aliphatic rings. The van der Waals surface area contributed by atoms with E-state index in [1.165, 1.54) is 12.8 Å². The first kappa shape index (κ1) is 29.1. The van der Waals surface area contributed by atoms with Gasteiger partial charge in [0.25, 0.3) is 0 Å². The zero-order chi connectivity index (χ0) is 23.9. The number of nitrogens with zero attached hydrogens (tertiary/aromatic N) is 1. The second-order valence-electron chi connectivity index (χ2n) is 9.13. The number of carboxylic acid groups (broad SMARTS) is 3. The summed E-state index contributed by atoms with van der Waals surface area (Å²) < 4.78 is 0.174. The summed E-state index contributed by atoms with van der Waals surface area (Å²) in [6.07, 6.45) is 12.9. The van der Waals surface area contributed by atoms with Gasteiger partial charge >= 0.3 is 11.9 Å². The molecular formula is C24H43NO6. The molecule has 0 fully saturated rings. The molecular weight excluding hydrogens is 398 g/mol. The lowest BCUT2D eigenvalue weighted by Gasteiger charge is -2.43. The van der Waals surface area contributed by atoms with Crippen molar-refractivity contribution in [1.29, 1.82) is 0 Å². The van der Waals surface area contributed by atoms with Crippen molar-refractivity contribution in [3.63, 3.8) is 0 Å². The largest absolute Gasteiger partial charge is 0.550 e. The molecule has 3 unspecified atom stereocenters. The van der Waals surface area contributed by atoms with E-state index < -0.39 is 35.7 Å². The van der Waals surface area contributed by atoms with E-state index >= 15 is 0 Å². The quantitative estimate of drug-likeness (QED) is 0.180. The van der Waals surface area contributed by atoms with E-state index in [0.29, 0.717) is 6.54 Å². The molecule has 7 heteroatoms. The molecule has 2 N–H and O–H groups in total. The van der Waals surface area contributed by atoms with E-state index in [9.17, 15) is 29.7 Å². The Morgan fingerprint density at radius 1 is 0.774 bits per heavy atom. The molecule has 0 spiro atoms. The molecule has 0 aromatic carbocycles. The standard InChI is InChI=1S/C24H43NO6/c1-5-6-7-8-9-10-11-12-13-14-15-25(16-19(2)22(26)27,17-20(3)23(28)29)18-21(4)24(30)31/h8-9,19-21H,5-7,10-18H2,1-4H3,(H2-,26,27,28,29,30,31)/b9-8+. The van der Waals surface area contributed by atoms with E-state index in [4.69, 9.17) is 0 Å². The smallest absolute Gasteiger partial charge is 0.311 e. The number of aliphatic carboxylic acids is 3. The molecule has 7 nitrogen and oxygen atoms in total. The zero-order valence-corrected chi connectivity index (χ0v) is 19.8. The summed E-state index contributed by atoms with van der Waals surface area (Å²) >= 11 is 0. The van der Waals surface area contributed by atoms with E-state index in [2.05, 4.69) is 19.1 Å². The number of hydrogen-bond acceptors (Lipinski definition) is 4. The molecule has 31 heavy (non-hydrogen) atoms. The minimum atomic E-state index is -1.19. The average Bonchev–Trinajstić information content (AvgIpc) is 2.68. The van der Waals surface area contributed by atoms with Crippen molar-refractivity contribution in [3.05, 3.63) is 12.2 Å². The van der Waals surface area contributed by atoms with Gasteiger partial charge in [0, 0.05) is 11.9 Å². The van der Waals surface area contributed by atoms with Gasteiger partial charge < -0.3 is 24.6 Å². The van der Waals surface area contributed by atoms with E-state index in [1.54, 1.807) is 20.8 Å². The summed E-state index contributed by atoms with van der Waals surface area (Å²) in [6.45, 7) is 8.08. The fourth-order valence-electron chi connectivity index (χ4n) is 4.09. The van der Waals surface area contributed by atoms with Crippen molar-refractivity contribution in [3.8, 4) is 0 Å². The summed E-state index contributed by atoms with van der Waals surface area (Å²) in [5.41, 5.74) is 0. The highest BCUT2D eigenvalue weighted by Crippen LogP contribution is 2.21. The number of hydrogen-bond donors (Lipinski definition) is 2. The minimum Gasteiger partial charge on any atom is -0.550 e.